The van der Waals surface area contributed by atoms with Crippen molar-refractivity contribution in [3.05, 3.63) is 29.3 Å². The molecule has 0 heterocycles. The molecule has 1 aromatic rings. The summed E-state index contributed by atoms with van der Waals surface area (Å²) in [5, 5.41) is 2.17. The number of quaternary nitrogens is 1. The zero-order valence-electron chi connectivity index (χ0n) is 13.1. The smallest absolute Gasteiger partial charge is 0.414 e. The Kier molecular flexibility index (Phi) is 7.23. The standard InChI is InChI=1S/C17H22N2O2.ClH/c1-4-10-18-16-9-7-13-6-8-14(12-15(13)16)21-17(20)19(3)11-5-2;/h1,6,8,12,16,18H,5,7,9-11H2,2-3H3;1H/t16-;/m1./s1. The zero-order chi connectivity index (χ0) is 15.2. The molecule has 5 heteroatoms. The quantitative estimate of drug-likeness (QED) is 0.686. The predicted octanol–water partition coefficient (Wildman–Crippen LogP) is -1.28. The van der Waals surface area contributed by atoms with E-state index in [9.17, 15) is 4.79 Å². The van der Waals surface area contributed by atoms with Gasteiger partial charge in [0.1, 0.15) is 18.3 Å². The number of rotatable bonds is 5. The van der Waals surface area contributed by atoms with Crippen LogP contribution in [0.25, 0.3) is 0 Å². The first-order valence-corrected chi connectivity index (χ1v) is 7.48. The molecule has 2 rings (SSSR count). The van der Waals surface area contributed by atoms with Gasteiger partial charge < -0.3 is 27.4 Å². The Bertz CT molecular complexity index is 554. The van der Waals surface area contributed by atoms with Crippen LogP contribution in [0.4, 0.5) is 4.79 Å². The number of benzene rings is 1. The monoisotopic (exact) mass is 322 g/mol. The molecule has 0 aromatic heterocycles. The van der Waals surface area contributed by atoms with Gasteiger partial charge in [-0.3, -0.25) is 0 Å². The molecule has 4 nitrogen and oxygen atoms in total. The van der Waals surface area contributed by atoms with E-state index in [1.807, 2.05) is 19.1 Å². The number of halogens is 1. The summed E-state index contributed by atoms with van der Waals surface area (Å²) in [5.74, 6) is 3.27. The molecule has 0 aliphatic heterocycles. The van der Waals surface area contributed by atoms with Crippen molar-refractivity contribution in [1.29, 1.82) is 0 Å². The molecule has 1 atom stereocenters. The lowest BCUT2D eigenvalue weighted by molar-refractivity contribution is -0.685. The highest BCUT2D eigenvalue weighted by molar-refractivity contribution is 5.70. The molecule has 0 spiro atoms. The molecule has 1 aliphatic carbocycles. The summed E-state index contributed by atoms with van der Waals surface area (Å²) in [7, 11) is 1.75. The van der Waals surface area contributed by atoms with Crippen LogP contribution in [-0.2, 0) is 6.42 Å². The van der Waals surface area contributed by atoms with Crippen LogP contribution in [0.3, 0.4) is 0 Å². The third-order valence-corrected chi connectivity index (χ3v) is 3.84. The molecule has 0 bridgehead atoms. The van der Waals surface area contributed by atoms with Crippen molar-refractivity contribution in [3.8, 4) is 18.1 Å². The molecule has 120 valence electrons. The average Bonchev–Trinajstić information content (AvgIpc) is 2.87. The van der Waals surface area contributed by atoms with Crippen LogP contribution in [0.1, 0.15) is 36.9 Å². The summed E-state index contributed by atoms with van der Waals surface area (Å²) < 4.78 is 5.44. The van der Waals surface area contributed by atoms with Crippen LogP contribution in [0.15, 0.2) is 18.2 Å². The lowest BCUT2D eigenvalue weighted by Gasteiger charge is -2.16. The Hall–Kier alpha value is -1.70. The van der Waals surface area contributed by atoms with E-state index in [0.29, 0.717) is 24.9 Å². The Morgan fingerprint density at radius 1 is 1.55 bits per heavy atom. The fourth-order valence-corrected chi connectivity index (χ4v) is 2.74. The molecule has 2 N–H and O–H groups in total. The first-order chi connectivity index (χ1) is 10.2. The van der Waals surface area contributed by atoms with Crippen molar-refractivity contribution >= 4 is 6.09 Å². The largest absolute Gasteiger partial charge is 1.00 e. The topological polar surface area (TPSA) is 46.1 Å². The summed E-state index contributed by atoms with van der Waals surface area (Å²) >= 11 is 0. The molecule has 22 heavy (non-hydrogen) atoms. The number of nitrogens with two attached hydrogens (primary N) is 1. The minimum Gasteiger partial charge on any atom is -1.00 e. The SMILES string of the molecule is C#CC[NH2+][C@@H]1CCc2ccc(OC(=O)N(C)CCC)cc21.[Cl-]. The summed E-state index contributed by atoms with van der Waals surface area (Å²) in [6.07, 6.45) is 8.09. The Morgan fingerprint density at radius 3 is 3.00 bits per heavy atom. The van der Waals surface area contributed by atoms with Crippen LogP contribution in [0.2, 0.25) is 0 Å². The van der Waals surface area contributed by atoms with Gasteiger partial charge in [-0.2, -0.15) is 0 Å². The van der Waals surface area contributed by atoms with Crippen LogP contribution >= 0.6 is 0 Å². The van der Waals surface area contributed by atoms with E-state index in [1.165, 1.54) is 11.1 Å². The number of amides is 1. The lowest BCUT2D eigenvalue weighted by Crippen LogP contribution is -3.00. The number of aryl methyl sites for hydroxylation is 1. The van der Waals surface area contributed by atoms with Gasteiger partial charge in [0.15, 0.2) is 0 Å². The first kappa shape index (κ1) is 18.3. The van der Waals surface area contributed by atoms with E-state index in [4.69, 9.17) is 11.2 Å². The highest BCUT2D eigenvalue weighted by atomic mass is 35.5. The van der Waals surface area contributed by atoms with E-state index in [1.54, 1.807) is 11.9 Å². The van der Waals surface area contributed by atoms with Gasteiger partial charge in [0.25, 0.3) is 0 Å². The zero-order valence-corrected chi connectivity index (χ0v) is 13.9. The van der Waals surface area contributed by atoms with E-state index < -0.39 is 0 Å². The Balaban J connectivity index is 0.00000242. The average molecular weight is 323 g/mol. The predicted molar refractivity (Wildman–Crippen MR) is 82.1 cm³/mol. The fourth-order valence-electron chi connectivity index (χ4n) is 2.74. The molecule has 0 unspecified atom stereocenters. The van der Waals surface area contributed by atoms with Crippen LogP contribution < -0.4 is 22.5 Å². The van der Waals surface area contributed by atoms with Gasteiger partial charge in [0.2, 0.25) is 0 Å². The number of ether oxygens (including phenoxy) is 1. The molecule has 0 saturated heterocycles. The van der Waals surface area contributed by atoms with Gasteiger partial charge >= 0.3 is 6.09 Å². The van der Waals surface area contributed by atoms with Gasteiger partial charge in [0, 0.05) is 25.6 Å². The molecular formula is C17H23ClN2O2. The minimum absolute atomic E-state index is 0. The molecule has 1 amide bonds. The third kappa shape index (κ3) is 4.40. The van der Waals surface area contributed by atoms with Crippen molar-refractivity contribution < 1.29 is 27.3 Å². The van der Waals surface area contributed by atoms with Crippen molar-refractivity contribution in [2.24, 2.45) is 0 Å². The number of terminal acetylenes is 1. The van der Waals surface area contributed by atoms with Gasteiger partial charge in [-0.15, -0.1) is 6.42 Å². The van der Waals surface area contributed by atoms with Crippen molar-refractivity contribution in [3.63, 3.8) is 0 Å². The van der Waals surface area contributed by atoms with Crippen LogP contribution in [0, 0.1) is 12.3 Å². The lowest BCUT2D eigenvalue weighted by atomic mass is 10.1. The highest BCUT2D eigenvalue weighted by Gasteiger charge is 2.25. The Labute approximate surface area is 138 Å². The summed E-state index contributed by atoms with van der Waals surface area (Å²) in [6, 6.07) is 6.29. The second-order valence-corrected chi connectivity index (χ2v) is 5.44. The first-order valence-electron chi connectivity index (χ1n) is 7.48. The van der Waals surface area contributed by atoms with E-state index in [-0.39, 0.29) is 18.5 Å². The van der Waals surface area contributed by atoms with Crippen molar-refractivity contribution in [1.82, 2.24) is 4.90 Å². The highest BCUT2D eigenvalue weighted by Crippen LogP contribution is 2.31. The number of carbonyl (C=O) groups excluding carboxylic acids is 1. The molecule has 0 radical (unpaired) electrons. The number of hydrogen-bond acceptors (Lipinski definition) is 2. The van der Waals surface area contributed by atoms with Gasteiger partial charge in [0.05, 0.1) is 0 Å². The number of carbonyl (C=O) groups is 1. The number of nitrogens with zero attached hydrogens (tertiary/aromatic N) is 1. The maximum Gasteiger partial charge on any atom is 0.414 e. The maximum absolute atomic E-state index is 11.9. The fraction of sp³-hybridized carbons (Fsp3) is 0.471. The normalized spacial score (nSPS) is 15.4. The van der Waals surface area contributed by atoms with E-state index >= 15 is 0 Å². The van der Waals surface area contributed by atoms with Gasteiger partial charge in [-0.05, 0) is 36.5 Å². The molecule has 1 aromatic carbocycles. The van der Waals surface area contributed by atoms with Gasteiger partial charge in [-0.1, -0.05) is 13.0 Å². The number of hydrogen-bond donors (Lipinski definition) is 1. The second kappa shape index (κ2) is 8.67. The summed E-state index contributed by atoms with van der Waals surface area (Å²) in [5.41, 5.74) is 2.57. The van der Waals surface area contributed by atoms with Crippen LogP contribution in [0.5, 0.6) is 5.75 Å². The molecule has 0 fully saturated rings. The van der Waals surface area contributed by atoms with Crippen molar-refractivity contribution in [2.45, 2.75) is 32.2 Å². The number of fused-ring (bicyclic) bond motifs is 1. The van der Waals surface area contributed by atoms with Crippen LogP contribution in [-0.4, -0.2) is 31.1 Å². The summed E-state index contributed by atoms with van der Waals surface area (Å²) in [6.45, 7) is 3.40. The van der Waals surface area contributed by atoms with Gasteiger partial charge in [-0.25, -0.2) is 4.79 Å². The molecule has 1 aliphatic rings. The third-order valence-electron chi connectivity index (χ3n) is 3.84. The minimum atomic E-state index is -0.307. The van der Waals surface area contributed by atoms with Crippen molar-refractivity contribution in [2.75, 3.05) is 20.1 Å². The second-order valence-electron chi connectivity index (χ2n) is 5.44. The van der Waals surface area contributed by atoms with E-state index in [2.05, 4.69) is 17.3 Å². The molecule has 0 saturated carbocycles. The van der Waals surface area contributed by atoms with E-state index in [0.717, 1.165) is 19.3 Å². The molecular weight excluding hydrogens is 300 g/mol. The maximum atomic E-state index is 11.9. The Morgan fingerprint density at radius 2 is 2.32 bits per heavy atom. The summed E-state index contributed by atoms with van der Waals surface area (Å²) in [4.78, 5) is 13.5.